The van der Waals surface area contributed by atoms with E-state index in [-0.39, 0.29) is 0 Å². The van der Waals surface area contributed by atoms with Crippen molar-refractivity contribution >= 4 is 16.9 Å². The van der Waals surface area contributed by atoms with Crippen molar-refractivity contribution < 1.29 is 0 Å². The Kier molecular flexibility index (Phi) is 6.67. The molecular weight excluding hydrogens is 384 g/mol. The van der Waals surface area contributed by atoms with E-state index in [1.165, 1.54) is 33.2 Å². The van der Waals surface area contributed by atoms with Crippen LogP contribution >= 0.6 is 0 Å². The molecule has 0 spiro atoms. The molecule has 0 aliphatic rings. The molecule has 0 fully saturated rings. The van der Waals surface area contributed by atoms with Gasteiger partial charge in [-0.3, -0.25) is 0 Å². The summed E-state index contributed by atoms with van der Waals surface area (Å²) in [7, 11) is 0. The molecule has 6 heteroatoms. The smallest absolute Gasteiger partial charge is 0.191 e. The number of benzene rings is 2. The quantitative estimate of drug-likeness (QED) is 0.301. The van der Waals surface area contributed by atoms with Gasteiger partial charge in [-0.2, -0.15) is 0 Å². The number of aliphatic imine (C=N–C) groups is 1. The van der Waals surface area contributed by atoms with Crippen molar-refractivity contribution in [3.63, 3.8) is 0 Å². The van der Waals surface area contributed by atoms with Crippen LogP contribution in [-0.4, -0.2) is 33.6 Å². The minimum absolute atomic E-state index is 0.638. The lowest BCUT2D eigenvalue weighted by Crippen LogP contribution is -2.38. The predicted octanol–water partition coefficient (Wildman–Crippen LogP) is 4.02. The molecule has 0 saturated carbocycles. The number of hydrogen-bond donors (Lipinski definition) is 3. The van der Waals surface area contributed by atoms with Crippen molar-refractivity contribution in [3.05, 3.63) is 89.6 Å². The Labute approximate surface area is 183 Å². The van der Waals surface area contributed by atoms with Crippen molar-refractivity contribution in [2.45, 2.75) is 33.4 Å². The van der Waals surface area contributed by atoms with Gasteiger partial charge >= 0.3 is 0 Å². The number of fused-ring (bicyclic) bond motifs is 1. The second-order valence-electron chi connectivity index (χ2n) is 7.79. The average molecular weight is 415 g/mol. The maximum Gasteiger partial charge on any atom is 0.191 e. The number of nitrogens with one attached hydrogen (secondary N) is 3. The van der Waals surface area contributed by atoms with E-state index in [4.69, 9.17) is 4.99 Å². The van der Waals surface area contributed by atoms with Gasteiger partial charge < -0.3 is 20.2 Å². The zero-order chi connectivity index (χ0) is 21.5. The van der Waals surface area contributed by atoms with Crippen LogP contribution in [0.3, 0.4) is 0 Å². The number of aryl methyl sites for hydroxylation is 1. The molecule has 160 valence electrons. The highest BCUT2D eigenvalue weighted by molar-refractivity contribution is 5.84. The predicted molar refractivity (Wildman–Crippen MR) is 127 cm³/mol. The number of imidazole rings is 1. The molecule has 4 rings (SSSR count). The summed E-state index contributed by atoms with van der Waals surface area (Å²) < 4.78 is 2.07. The van der Waals surface area contributed by atoms with Crippen LogP contribution in [0.25, 0.3) is 10.9 Å². The first kappa shape index (κ1) is 20.7. The van der Waals surface area contributed by atoms with E-state index in [0.29, 0.717) is 6.54 Å². The Balaban J connectivity index is 1.35. The summed E-state index contributed by atoms with van der Waals surface area (Å²) >= 11 is 0. The highest BCUT2D eigenvalue weighted by atomic mass is 15.2. The summed E-state index contributed by atoms with van der Waals surface area (Å²) in [6.07, 6.45) is 8.68. The number of rotatable bonds is 8. The molecule has 0 unspecified atom stereocenters. The van der Waals surface area contributed by atoms with Crippen molar-refractivity contribution in [3.8, 4) is 0 Å². The van der Waals surface area contributed by atoms with Crippen LogP contribution in [0.1, 0.15) is 29.2 Å². The first-order valence-corrected chi connectivity index (χ1v) is 10.8. The molecule has 4 aromatic rings. The summed E-state index contributed by atoms with van der Waals surface area (Å²) in [6.45, 7) is 7.32. The lowest BCUT2D eigenvalue weighted by atomic mass is 10.1. The largest absolute Gasteiger partial charge is 0.361 e. The standard InChI is InChI=1S/C25H30N6/c1-3-27-25(28-10-9-22-16-29-24-13-19(2)7-8-23(22)24)30-15-20-5-4-6-21(14-20)17-31-12-11-26-18-31/h4-8,11-14,16,18,29H,3,9-10,15,17H2,1-2H3,(H2,27,28,30). The van der Waals surface area contributed by atoms with E-state index < -0.39 is 0 Å². The zero-order valence-electron chi connectivity index (χ0n) is 18.2. The molecule has 31 heavy (non-hydrogen) atoms. The van der Waals surface area contributed by atoms with Crippen LogP contribution in [0.2, 0.25) is 0 Å². The number of aromatic amines is 1. The molecular formula is C25H30N6. The van der Waals surface area contributed by atoms with Gasteiger partial charge in [-0.05, 0) is 48.6 Å². The van der Waals surface area contributed by atoms with Gasteiger partial charge in [0.25, 0.3) is 0 Å². The molecule has 0 aliphatic heterocycles. The topological polar surface area (TPSA) is 70.0 Å². The van der Waals surface area contributed by atoms with E-state index in [1.54, 1.807) is 6.20 Å². The Bertz CT molecular complexity index is 1140. The fourth-order valence-electron chi connectivity index (χ4n) is 3.75. The zero-order valence-corrected chi connectivity index (χ0v) is 18.2. The number of guanidine groups is 1. The van der Waals surface area contributed by atoms with Gasteiger partial charge in [0, 0.05) is 49.1 Å². The van der Waals surface area contributed by atoms with E-state index in [2.05, 4.69) is 87.7 Å². The first-order valence-electron chi connectivity index (χ1n) is 10.8. The van der Waals surface area contributed by atoms with Gasteiger partial charge in [0.2, 0.25) is 0 Å². The number of aromatic nitrogens is 3. The van der Waals surface area contributed by atoms with Crippen LogP contribution in [0.4, 0.5) is 0 Å². The van der Waals surface area contributed by atoms with Gasteiger partial charge in [-0.15, -0.1) is 0 Å². The monoisotopic (exact) mass is 414 g/mol. The average Bonchev–Trinajstić information content (AvgIpc) is 3.42. The van der Waals surface area contributed by atoms with Gasteiger partial charge in [0.05, 0.1) is 12.9 Å². The molecule has 0 radical (unpaired) electrons. The molecule has 2 heterocycles. The highest BCUT2D eigenvalue weighted by Crippen LogP contribution is 2.19. The summed E-state index contributed by atoms with van der Waals surface area (Å²) in [5.74, 6) is 0.846. The van der Waals surface area contributed by atoms with E-state index in [9.17, 15) is 0 Å². The summed E-state index contributed by atoms with van der Waals surface area (Å²) in [6, 6.07) is 15.1. The molecule has 0 aliphatic carbocycles. The number of hydrogen-bond acceptors (Lipinski definition) is 2. The SMILES string of the molecule is CCNC(=NCc1cccc(Cn2ccnc2)c1)NCCc1c[nH]c2cc(C)ccc12. The van der Waals surface area contributed by atoms with Gasteiger partial charge in [-0.25, -0.2) is 9.98 Å². The van der Waals surface area contributed by atoms with Crippen molar-refractivity contribution in [2.24, 2.45) is 4.99 Å². The van der Waals surface area contributed by atoms with Crippen molar-refractivity contribution in [2.75, 3.05) is 13.1 Å². The fourth-order valence-corrected chi connectivity index (χ4v) is 3.75. The van der Waals surface area contributed by atoms with Crippen molar-refractivity contribution in [1.29, 1.82) is 0 Å². The second kappa shape index (κ2) is 9.98. The molecule has 0 amide bonds. The molecule has 3 N–H and O–H groups in total. The molecule has 0 bridgehead atoms. The highest BCUT2D eigenvalue weighted by Gasteiger charge is 2.05. The van der Waals surface area contributed by atoms with E-state index in [1.807, 2.05) is 12.5 Å². The molecule has 2 aromatic carbocycles. The van der Waals surface area contributed by atoms with Crippen LogP contribution < -0.4 is 10.6 Å². The number of H-pyrrole nitrogens is 1. The molecule has 2 aromatic heterocycles. The van der Waals surface area contributed by atoms with Crippen LogP contribution in [0, 0.1) is 6.92 Å². The second-order valence-corrected chi connectivity index (χ2v) is 7.79. The normalized spacial score (nSPS) is 11.7. The van der Waals surface area contributed by atoms with Gasteiger partial charge in [0.15, 0.2) is 5.96 Å². The maximum atomic E-state index is 4.78. The van der Waals surface area contributed by atoms with Gasteiger partial charge in [0.1, 0.15) is 0 Å². The lowest BCUT2D eigenvalue weighted by molar-refractivity contribution is 0.791. The van der Waals surface area contributed by atoms with Gasteiger partial charge in [-0.1, -0.05) is 36.4 Å². The Morgan fingerprint density at radius 3 is 2.87 bits per heavy atom. The third kappa shape index (κ3) is 5.54. The minimum atomic E-state index is 0.638. The van der Waals surface area contributed by atoms with Crippen molar-refractivity contribution in [1.82, 2.24) is 25.2 Å². The van der Waals surface area contributed by atoms with Crippen LogP contribution in [0.15, 0.2) is 72.4 Å². The van der Waals surface area contributed by atoms with E-state index in [0.717, 1.165) is 32.0 Å². The molecule has 6 nitrogen and oxygen atoms in total. The Morgan fingerprint density at radius 2 is 2.03 bits per heavy atom. The summed E-state index contributed by atoms with van der Waals surface area (Å²) in [5, 5.41) is 8.11. The van der Waals surface area contributed by atoms with E-state index >= 15 is 0 Å². The Morgan fingerprint density at radius 1 is 1.13 bits per heavy atom. The summed E-state index contributed by atoms with van der Waals surface area (Å²) in [4.78, 5) is 12.3. The molecule has 0 saturated heterocycles. The van der Waals surface area contributed by atoms with Crippen LogP contribution in [-0.2, 0) is 19.5 Å². The minimum Gasteiger partial charge on any atom is -0.361 e. The first-order chi connectivity index (χ1) is 15.2. The third-order valence-electron chi connectivity index (χ3n) is 5.29. The Hall–Kier alpha value is -3.54. The maximum absolute atomic E-state index is 4.78. The molecule has 0 atom stereocenters. The number of nitrogens with zero attached hydrogens (tertiary/aromatic N) is 3. The fraction of sp³-hybridized carbons (Fsp3) is 0.280. The lowest BCUT2D eigenvalue weighted by Gasteiger charge is -2.11. The summed E-state index contributed by atoms with van der Waals surface area (Å²) in [5.41, 5.74) is 6.24. The van der Waals surface area contributed by atoms with Crippen LogP contribution in [0.5, 0.6) is 0 Å². The third-order valence-corrected chi connectivity index (χ3v) is 5.29.